The molecule has 0 aliphatic carbocycles. The number of rotatable bonds is 8. The molecular formula is C27H25ClN2O4. The molecule has 1 heterocycles. The summed E-state index contributed by atoms with van der Waals surface area (Å²) >= 11 is 6.08. The van der Waals surface area contributed by atoms with E-state index in [4.69, 9.17) is 21.1 Å². The summed E-state index contributed by atoms with van der Waals surface area (Å²) in [6.07, 6.45) is 1.29. The number of carbonyl (C=O) groups excluding carboxylic acids is 1. The zero-order valence-electron chi connectivity index (χ0n) is 19.0. The highest BCUT2D eigenvalue weighted by Gasteiger charge is 2.15. The van der Waals surface area contributed by atoms with Gasteiger partial charge in [0.15, 0.2) is 0 Å². The van der Waals surface area contributed by atoms with Gasteiger partial charge in [-0.1, -0.05) is 41.9 Å². The molecule has 174 valence electrons. The van der Waals surface area contributed by atoms with Crippen molar-refractivity contribution in [2.45, 2.75) is 19.4 Å². The molecule has 1 N–H and O–H groups in total. The Hall–Kier alpha value is -3.77. The number of halogens is 1. The smallest absolute Gasteiger partial charge is 0.254 e. The molecule has 34 heavy (non-hydrogen) atoms. The van der Waals surface area contributed by atoms with E-state index in [1.54, 1.807) is 31.4 Å². The zero-order chi connectivity index (χ0) is 24.1. The van der Waals surface area contributed by atoms with Gasteiger partial charge in [0.1, 0.15) is 18.0 Å². The number of aryl methyl sites for hydroxylation is 2. The average molecular weight is 477 g/mol. The molecule has 0 saturated carbocycles. The number of anilines is 1. The first-order chi connectivity index (χ1) is 16.5. The zero-order valence-corrected chi connectivity index (χ0v) is 19.8. The maximum Gasteiger partial charge on any atom is 0.254 e. The number of amides is 1. The molecule has 0 aliphatic heterocycles. The highest BCUT2D eigenvalue weighted by Crippen LogP contribution is 2.28. The third kappa shape index (κ3) is 5.24. The van der Waals surface area contributed by atoms with E-state index in [2.05, 4.69) is 5.32 Å². The second-order valence-corrected chi connectivity index (χ2v) is 8.30. The Balaban J connectivity index is 1.69. The fourth-order valence-corrected chi connectivity index (χ4v) is 4.08. The fraction of sp³-hybridized carbons (Fsp3) is 0.185. The van der Waals surface area contributed by atoms with E-state index in [1.165, 1.54) is 11.7 Å². The number of carbonyl (C=O) groups is 1. The molecule has 0 spiro atoms. The lowest BCUT2D eigenvalue weighted by atomic mass is 10.0. The molecular weight excluding hydrogens is 452 g/mol. The predicted octanol–water partition coefficient (Wildman–Crippen LogP) is 5.10. The summed E-state index contributed by atoms with van der Waals surface area (Å²) in [5.74, 6) is 0.717. The second-order valence-electron chi connectivity index (χ2n) is 7.86. The summed E-state index contributed by atoms with van der Waals surface area (Å²) in [7, 11) is 3.08. The first-order valence-electron chi connectivity index (χ1n) is 10.9. The molecule has 7 heteroatoms. The minimum atomic E-state index is -0.369. The van der Waals surface area contributed by atoms with Crippen molar-refractivity contribution in [1.29, 1.82) is 0 Å². The van der Waals surface area contributed by atoms with Gasteiger partial charge in [-0.3, -0.25) is 14.2 Å². The fourth-order valence-electron chi connectivity index (χ4n) is 3.91. The van der Waals surface area contributed by atoms with Gasteiger partial charge in [-0.25, -0.2) is 0 Å². The van der Waals surface area contributed by atoms with Gasteiger partial charge in [0.25, 0.3) is 5.56 Å². The van der Waals surface area contributed by atoms with E-state index < -0.39 is 0 Å². The summed E-state index contributed by atoms with van der Waals surface area (Å²) in [6, 6.07) is 22.4. The van der Waals surface area contributed by atoms with E-state index in [1.807, 2.05) is 48.5 Å². The van der Waals surface area contributed by atoms with Gasteiger partial charge >= 0.3 is 0 Å². The number of pyridine rings is 1. The molecule has 1 amide bonds. The molecule has 6 nitrogen and oxygen atoms in total. The number of benzene rings is 3. The van der Waals surface area contributed by atoms with Gasteiger partial charge in [0.2, 0.25) is 5.91 Å². The molecule has 1 aromatic heterocycles. The number of ether oxygens (including phenoxy) is 2. The van der Waals surface area contributed by atoms with Crippen molar-refractivity contribution >= 4 is 34.1 Å². The van der Waals surface area contributed by atoms with Crippen LogP contribution < -0.4 is 20.3 Å². The van der Waals surface area contributed by atoms with Crippen LogP contribution >= 0.6 is 11.6 Å². The van der Waals surface area contributed by atoms with E-state index in [-0.39, 0.29) is 18.0 Å². The third-order valence-corrected chi connectivity index (χ3v) is 5.88. The lowest BCUT2D eigenvalue weighted by Crippen LogP contribution is -2.30. The summed E-state index contributed by atoms with van der Waals surface area (Å²) in [4.78, 5) is 26.5. The Kier molecular flexibility index (Phi) is 7.18. The number of methoxy groups -OCH3 is 2. The predicted molar refractivity (Wildman–Crippen MR) is 135 cm³/mol. The van der Waals surface area contributed by atoms with Crippen LogP contribution in [0.25, 0.3) is 10.9 Å². The first kappa shape index (κ1) is 23.4. The Morgan fingerprint density at radius 3 is 2.47 bits per heavy atom. The first-order valence-corrected chi connectivity index (χ1v) is 11.2. The normalized spacial score (nSPS) is 10.8. The topological polar surface area (TPSA) is 69.6 Å². The molecule has 0 bridgehead atoms. The van der Waals surface area contributed by atoms with Crippen LogP contribution in [0.15, 0.2) is 77.6 Å². The van der Waals surface area contributed by atoms with Gasteiger partial charge in [-0.2, -0.15) is 0 Å². The van der Waals surface area contributed by atoms with Crippen LogP contribution in [-0.2, 0) is 24.2 Å². The van der Waals surface area contributed by atoms with Gasteiger partial charge < -0.3 is 14.8 Å². The van der Waals surface area contributed by atoms with Crippen molar-refractivity contribution in [3.8, 4) is 11.5 Å². The van der Waals surface area contributed by atoms with Gasteiger partial charge in [0.05, 0.1) is 25.4 Å². The molecule has 4 aromatic rings. The minimum Gasteiger partial charge on any atom is -0.497 e. The Morgan fingerprint density at radius 1 is 0.941 bits per heavy atom. The van der Waals surface area contributed by atoms with Crippen molar-refractivity contribution in [1.82, 2.24) is 4.57 Å². The van der Waals surface area contributed by atoms with Crippen molar-refractivity contribution in [2.75, 3.05) is 19.5 Å². The highest BCUT2D eigenvalue weighted by molar-refractivity contribution is 6.31. The van der Waals surface area contributed by atoms with Crippen molar-refractivity contribution in [3.05, 3.63) is 99.3 Å². The lowest BCUT2D eigenvalue weighted by Gasteiger charge is -2.15. The summed E-state index contributed by atoms with van der Waals surface area (Å²) in [5, 5.41) is 4.13. The largest absolute Gasteiger partial charge is 0.497 e. The summed E-state index contributed by atoms with van der Waals surface area (Å²) in [6.45, 7) is -0.169. The van der Waals surface area contributed by atoms with E-state index in [9.17, 15) is 9.59 Å². The number of nitrogens with one attached hydrogen (secondary N) is 1. The number of nitrogens with zero attached hydrogens (tertiary/aromatic N) is 1. The molecule has 0 aliphatic rings. The standard InChI is InChI=1S/C27H25ClN2O4/c1-33-22-12-10-19-14-20(9-8-18-6-4-3-5-7-18)27(32)30(24(19)16-22)17-26(31)29-23-15-21(28)11-13-25(23)34-2/h3-7,10-16H,8-9,17H2,1-2H3,(H,29,31). The van der Waals surface area contributed by atoms with Crippen LogP contribution in [0.1, 0.15) is 11.1 Å². The van der Waals surface area contributed by atoms with Gasteiger partial charge in [0, 0.05) is 16.7 Å². The summed E-state index contributed by atoms with van der Waals surface area (Å²) < 4.78 is 12.2. The van der Waals surface area contributed by atoms with Gasteiger partial charge in [-0.05, 0) is 60.2 Å². The molecule has 0 fully saturated rings. The van der Waals surface area contributed by atoms with Crippen LogP contribution in [0, 0.1) is 0 Å². The minimum absolute atomic E-state index is 0.169. The maximum absolute atomic E-state index is 13.5. The highest BCUT2D eigenvalue weighted by atomic mass is 35.5. The molecule has 0 atom stereocenters. The molecule has 0 unspecified atom stereocenters. The number of aromatic nitrogens is 1. The lowest BCUT2D eigenvalue weighted by molar-refractivity contribution is -0.116. The van der Waals surface area contributed by atoms with Crippen LogP contribution in [0.5, 0.6) is 11.5 Å². The van der Waals surface area contributed by atoms with Crippen molar-refractivity contribution < 1.29 is 14.3 Å². The van der Waals surface area contributed by atoms with Crippen LogP contribution in [0.2, 0.25) is 5.02 Å². The molecule has 4 rings (SSSR count). The monoisotopic (exact) mass is 476 g/mol. The quantitative estimate of drug-likeness (QED) is 0.384. The number of hydrogen-bond donors (Lipinski definition) is 1. The maximum atomic E-state index is 13.5. The average Bonchev–Trinajstić information content (AvgIpc) is 2.85. The van der Waals surface area contributed by atoms with Crippen molar-refractivity contribution in [3.63, 3.8) is 0 Å². The SMILES string of the molecule is COc1ccc2cc(CCc3ccccc3)c(=O)n(CC(=O)Nc3cc(Cl)ccc3OC)c2c1. The molecule has 3 aromatic carbocycles. The third-order valence-electron chi connectivity index (χ3n) is 5.64. The van der Waals surface area contributed by atoms with E-state index >= 15 is 0 Å². The van der Waals surface area contributed by atoms with Crippen molar-refractivity contribution in [2.24, 2.45) is 0 Å². The van der Waals surface area contributed by atoms with E-state index in [0.717, 1.165) is 17.4 Å². The summed E-state index contributed by atoms with van der Waals surface area (Å²) in [5.41, 5.74) is 2.66. The number of hydrogen-bond acceptors (Lipinski definition) is 4. The van der Waals surface area contributed by atoms with Crippen LogP contribution in [-0.4, -0.2) is 24.7 Å². The van der Waals surface area contributed by atoms with Gasteiger partial charge in [-0.15, -0.1) is 0 Å². The van der Waals surface area contributed by atoms with E-state index in [0.29, 0.717) is 39.7 Å². The Bertz CT molecular complexity index is 1380. The number of fused-ring (bicyclic) bond motifs is 1. The van der Waals surface area contributed by atoms with Crippen LogP contribution in [0.4, 0.5) is 5.69 Å². The molecule has 0 radical (unpaired) electrons. The Morgan fingerprint density at radius 2 is 1.74 bits per heavy atom. The molecule has 0 saturated heterocycles. The Labute approximate surface area is 202 Å². The van der Waals surface area contributed by atoms with Crippen LogP contribution in [0.3, 0.4) is 0 Å². The second kappa shape index (κ2) is 10.4.